The first-order valence-electron chi connectivity index (χ1n) is 12.3. The SMILES string of the molecule is CCCSc1nc(N2CCN(C(C)=O)CC2)ncc1C(=O)NC1C2CC3CC(C2)CC1C3. The van der Waals surface area contributed by atoms with Crippen molar-refractivity contribution >= 4 is 29.5 Å². The van der Waals surface area contributed by atoms with Crippen LogP contribution in [0.1, 0.15) is 62.7 Å². The van der Waals surface area contributed by atoms with Crippen LogP contribution in [-0.4, -0.2) is 64.7 Å². The average molecular weight is 458 g/mol. The number of thioether (sulfide) groups is 1. The van der Waals surface area contributed by atoms with Gasteiger partial charge in [-0.25, -0.2) is 9.97 Å². The number of rotatable bonds is 6. The van der Waals surface area contributed by atoms with E-state index in [1.54, 1.807) is 24.9 Å². The Morgan fingerprint density at radius 3 is 2.31 bits per heavy atom. The van der Waals surface area contributed by atoms with Crippen LogP contribution >= 0.6 is 11.8 Å². The molecule has 8 heteroatoms. The molecule has 0 atom stereocenters. The molecule has 1 aromatic rings. The molecule has 4 bridgehead atoms. The van der Waals surface area contributed by atoms with Crippen molar-refractivity contribution in [2.45, 2.75) is 63.4 Å². The summed E-state index contributed by atoms with van der Waals surface area (Å²) in [4.78, 5) is 38.4. The second-order valence-corrected chi connectivity index (χ2v) is 11.2. The van der Waals surface area contributed by atoms with E-state index in [-0.39, 0.29) is 11.8 Å². The maximum Gasteiger partial charge on any atom is 0.255 e. The summed E-state index contributed by atoms with van der Waals surface area (Å²) in [5.74, 6) is 4.79. The Morgan fingerprint density at radius 1 is 1.06 bits per heavy atom. The molecule has 7 nitrogen and oxygen atoms in total. The number of nitrogens with one attached hydrogen (secondary N) is 1. The van der Waals surface area contributed by atoms with E-state index in [9.17, 15) is 9.59 Å². The van der Waals surface area contributed by atoms with Crippen molar-refractivity contribution in [3.8, 4) is 0 Å². The molecule has 5 fully saturated rings. The Kier molecular flexibility index (Phi) is 6.32. The monoisotopic (exact) mass is 457 g/mol. The lowest BCUT2D eigenvalue weighted by molar-refractivity contribution is -0.129. The maximum absolute atomic E-state index is 13.4. The second-order valence-electron chi connectivity index (χ2n) is 10.2. The van der Waals surface area contributed by atoms with Crippen LogP contribution in [0.4, 0.5) is 5.95 Å². The van der Waals surface area contributed by atoms with Crippen molar-refractivity contribution in [3.63, 3.8) is 0 Å². The highest BCUT2D eigenvalue weighted by Gasteiger charge is 2.48. The van der Waals surface area contributed by atoms with E-state index in [0.717, 1.165) is 42.1 Å². The van der Waals surface area contributed by atoms with E-state index in [0.29, 0.717) is 42.5 Å². The fourth-order valence-electron chi connectivity index (χ4n) is 6.59. The topological polar surface area (TPSA) is 78.4 Å². The Morgan fingerprint density at radius 2 is 1.72 bits per heavy atom. The van der Waals surface area contributed by atoms with Crippen molar-refractivity contribution in [2.75, 3.05) is 36.8 Å². The van der Waals surface area contributed by atoms with Crippen molar-refractivity contribution in [1.82, 2.24) is 20.2 Å². The fourth-order valence-corrected chi connectivity index (χ4v) is 7.43. The van der Waals surface area contributed by atoms with E-state index in [2.05, 4.69) is 22.1 Å². The van der Waals surface area contributed by atoms with Gasteiger partial charge in [0.2, 0.25) is 11.9 Å². The number of carbonyl (C=O) groups excluding carboxylic acids is 2. The zero-order chi connectivity index (χ0) is 22.2. The van der Waals surface area contributed by atoms with Crippen molar-refractivity contribution in [2.24, 2.45) is 23.7 Å². The molecular formula is C24H35N5O2S. The zero-order valence-corrected chi connectivity index (χ0v) is 20.1. The highest BCUT2D eigenvalue weighted by molar-refractivity contribution is 7.99. The minimum absolute atomic E-state index is 0.00553. The molecule has 1 saturated heterocycles. The molecule has 2 heterocycles. The molecule has 0 spiro atoms. The Labute approximate surface area is 195 Å². The molecule has 1 aromatic heterocycles. The second kappa shape index (κ2) is 9.20. The molecule has 5 aliphatic rings. The number of nitrogens with zero attached hydrogens (tertiary/aromatic N) is 4. The van der Waals surface area contributed by atoms with Gasteiger partial charge in [0.05, 0.1) is 5.56 Å². The first-order valence-corrected chi connectivity index (χ1v) is 13.3. The number of piperazine rings is 1. The molecule has 32 heavy (non-hydrogen) atoms. The maximum atomic E-state index is 13.4. The zero-order valence-electron chi connectivity index (χ0n) is 19.3. The van der Waals surface area contributed by atoms with Crippen molar-refractivity contribution in [3.05, 3.63) is 11.8 Å². The van der Waals surface area contributed by atoms with Crippen LogP contribution in [0.25, 0.3) is 0 Å². The molecule has 0 radical (unpaired) electrons. The third-order valence-electron chi connectivity index (χ3n) is 7.96. The van der Waals surface area contributed by atoms with Crippen LogP contribution in [0.15, 0.2) is 11.2 Å². The Balaban J connectivity index is 1.30. The highest BCUT2D eigenvalue weighted by atomic mass is 32.2. The number of amides is 2. The van der Waals surface area contributed by atoms with Gasteiger partial charge in [-0.15, -0.1) is 11.8 Å². The predicted octanol–water partition coefficient (Wildman–Crippen LogP) is 3.20. The van der Waals surface area contributed by atoms with Gasteiger partial charge in [-0.05, 0) is 67.9 Å². The van der Waals surface area contributed by atoms with Gasteiger partial charge >= 0.3 is 0 Å². The van der Waals surface area contributed by atoms with Crippen LogP contribution in [-0.2, 0) is 4.79 Å². The first-order chi connectivity index (χ1) is 15.5. The average Bonchev–Trinajstić information content (AvgIpc) is 2.79. The largest absolute Gasteiger partial charge is 0.349 e. The molecule has 6 rings (SSSR count). The smallest absolute Gasteiger partial charge is 0.255 e. The third kappa shape index (κ3) is 4.35. The van der Waals surface area contributed by atoms with Gasteiger partial charge in [0, 0.05) is 45.3 Å². The Hall–Kier alpha value is -1.83. The molecule has 0 unspecified atom stereocenters. The van der Waals surface area contributed by atoms with Gasteiger partial charge in [0.1, 0.15) is 5.03 Å². The quantitative estimate of drug-likeness (QED) is 0.522. The van der Waals surface area contributed by atoms with Gasteiger partial charge in [0.15, 0.2) is 0 Å². The van der Waals surface area contributed by atoms with E-state index in [1.807, 2.05) is 4.90 Å². The number of hydrogen-bond donors (Lipinski definition) is 1. The van der Waals surface area contributed by atoms with Crippen LogP contribution in [0.2, 0.25) is 0 Å². The molecule has 1 aliphatic heterocycles. The molecule has 1 N–H and O–H groups in total. The van der Waals surface area contributed by atoms with Gasteiger partial charge < -0.3 is 15.1 Å². The van der Waals surface area contributed by atoms with Crippen LogP contribution in [0.5, 0.6) is 0 Å². The minimum Gasteiger partial charge on any atom is -0.349 e. The first kappa shape index (κ1) is 22.0. The summed E-state index contributed by atoms with van der Waals surface area (Å²) in [6.07, 6.45) is 9.32. The Bertz CT molecular complexity index is 842. The lowest BCUT2D eigenvalue weighted by atomic mass is 9.54. The van der Waals surface area contributed by atoms with Crippen molar-refractivity contribution in [1.29, 1.82) is 0 Å². The number of hydrogen-bond acceptors (Lipinski definition) is 6. The summed E-state index contributed by atoms with van der Waals surface area (Å²) in [6.45, 7) is 6.57. The molecular weight excluding hydrogens is 422 g/mol. The van der Waals surface area contributed by atoms with E-state index < -0.39 is 0 Å². The summed E-state index contributed by atoms with van der Waals surface area (Å²) < 4.78 is 0. The third-order valence-corrected chi connectivity index (χ3v) is 9.16. The lowest BCUT2D eigenvalue weighted by Crippen LogP contribution is -2.55. The van der Waals surface area contributed by atoms with Crippen LogP contribution in [0, 0.1) is 23.7 Å². The molecule has 4 saturated carbocycles. The summed E-state index contributed by atoms with van der Waals surface area (Å²) in [5.41, 5.74) is 0.614. The highest BCUT2D eigenvalue weighted by Crippen LogP contribution is 2.53. The fraction of sp³-hybridized carbons (Fsp3) is 0.750. The number of carbonyl (C=O) groups is 2. The van der Waals surface area contributed by atoms with E-state index >= 15 is 0 Å². The van der Waals surface area contributed by atoms with Gasteiger partial charge in [-0.3, -0.25) is 9.59 Å². The molecule has 0 aromatic carbocycles. The van der Waals surface area contributed by atoms with Gasteiger partial charge in [-0.2, -0.15) is 0 Å². The number of anilines is 1. The van der Waals surface area contributed by atoms with Crippen LogP contribution in [0.3, 0.4) is 0 Å². The standard InChI is InChI=1S/C24H35N5O2S/c1-3-8-32-23-20(14-25-24(27-23)29-6-4-28(5-7-29)15(2)30)22(31)26-21-18-10-16-9-17(12-18)13-19(21)11-16/h14,16-19,21H,3-13H2,1-2H3,(H,26,31). The molecule has 4 aliphatic carbocycles. The molecule has 174 valence electrons. The van der Waals surface area contributed by atoms with E-state index in [1.165, 1.54) is 32.1 Å². The predicted molar refractivity (Wildman–Crippen MR) is 126 cm³/mol. The van der Waals surface area contributed by atoms with Crippen molar-refractivity contribution < 1.29 is 9.59 Å². The van der Waals surface area contributed by atoms with Gasteiger partial charge in [-0.1, -0.05) is 6.92 Å². The lowest BCUT2D eigenvalue weighted by Gasteiger charge is -2.54. The normalized spacial score (nSPS) is 31.1. The molecule has 2 amide bonds. The summed E-state index contributed by atoms with van der Waals surface area (Å²) in [5, 5.41) is 4.21. The number of aromatic nitrogens is 2. The summed E-state index contributed by atoms with van der Waals surface area (Å²) in [6, 6.07) is 0.318. The summed E-state index contributed by atoms with van der Waals surface area (Å²) >= 11 is 1.65. The minimum atomic E-state index is -0.00553. The summed E-state index contributed by atoms with van der Waals surface area (Å²) in [7, 11) is 0. The van der Waals surface area contributed by atoms with E-state index in [4.69, 9.17) is 4.98 Å². The van der Waals surface area contributed by atoms with Gasteiger partial charge in [0.25, 0.3) is 5.91 Å². The van der Waals surface area contributed by atoms with Crippen LogP contribution < -0.4 is 10.2 Å².